The van der Waals surface area contributed by atoms with Crippen molar-refractivity contribution in [3.05, 3.63) is 29.8 Å². The molecule has 0 bridgehead atoms. The summed E-state index contributed by atoms with van der Waals surface area (Å²) in [6, 6.07) is 7.64. The fourth-order valence-corrected chi connectivity index (χ4v) is 1.33. The van der Waals surface area contributed by atoms with Crippen LogP contribution in [0.5, 0.6) is 5.75 Å². The quantitative estimate of drug-likeness (QED) is 0.747. The highest BCUT2D eigenvalue weighted by atomic mass is 16.5. The molecule has 0 aliphatic heterocycles. The van der Waals surface area contributed by atoms with Crippen LogP contribution in [0.15, 0.2) is 24.3 Å². The van der Waals surface area contributed by atoms with Crippen LogP contribution in [0.4, 0.5) is 0 Å². The summed E-state index contributed by atoms with van der Waals surface area (Å²) >= 11 is 0. The summed E-state index contributed by atoms with van der Waals surface area (Å²) in [4.78, 5) is 11.3. The number of aliphatic hydroxyl groups excluding tert-OH is 1. The smallest absolute Gasteiger partial charge is 0.220 e. The molecule has 0 aliphatic carbocycles. The molecule has 16 heavy (non-hydrogen) atoms. The molecular weight excluding hydrogens is 206 g/mol. The van der Waals surface area contributed by atoms with Crippen molar-refractivity contribution in [2.24, 2.45) is 0 Å². The molecule has 0 atom stereocenters. The molecule has 1 amide bonds. The highest BCUT2D eigenvalue weighted by Crippen LogP contribution is 2.12. The number of methoxy groups -OCH3 is 1. The third-order valence-corrected chi connectivity index (χ3v) is 2.23. The van der Waals surface area contributed by atoms with E-state index in [0.29, 0.717) is 19.4 Å². The van der Waals surface area contributed by atoms with E-state index in [2.05, 4.69) is 5.32 Å². The maximum absolute atomic E-state index is 11.3. The summed E-state index contributed by atoms with van der Waals surface area (Å²) < 4.78 is 5.04. The van der Waals surface area contributed by atoms with Gasteiger partial charge in [0.25, 0.3) is 0 Å². The molecule has 0 saturated carbocycles. The number of carbonyl (C=O) groups excluding carboxylic acids is 1. The van der Waals surface area contributed by atoms with Gasteiger partial charge in [-0.15, -0.1) is 0 Å². The molecule has 4 nitrogen and oxygen atoms in total. The van der Waals surface area contributed by atoms with Crippen molar-refractivity contribution in [1.82, 2.24) is 5.32 Å². The van der Waals surface area contributed by atoms with Gasteiger partial charge in [0.15, 0.2) is 0 Å². The van der Waals surface area contributed by atoms with Crippen LogP contribution in [0.1, 0.15) is 12.0 Å². The minimum atomic E-state index is -0.0372. The third kappa shape index (κ3) is 4.31. The van der Waals surface area contributed by atoms with Gasteiger partial charge in [-0.2, -0.15) is 0 Å². The van der Waals surface area contributed by atoms with Crippen molar-refractivity contribution in [3.8, 4) is 5.75 Å². The van der Waals surface area contributed by atoms with Crippen LogP contribution in [0.2, 0.25) is 0 Å². The van der Waals surface area contributed by atoms with Crippen LogP contribution in [0, 0.1) is 0 Å². The predicted molar refractivity (Wildman–Crippen MR) is 61.4 cm³/mol. The van der Waals surface area contributed by atoms with E-state index in [0.717, 1.165) is 11.3 Å². The lowest BCUT2D eigenvalue weighted by Gasteiger charge is -2.04. The minimum Gasteiger partial charge on any atom is -0.497 e. The minimum absolute atomic E-state index is 0.0196. The standard InChI is InChI=1S/C12H17NO3/c1-16-11-5-2-10(3-6-11)4-7-12(15)13-8-9-14/h2-3,5-6,14H,4,7-9H2,1H3,(H,13,15). The summed E-state index contributed by atoms with van der Waals surface area (Å²) in [7, 11) is 1.62. The SMILES string of the molecule is COc1ccc(CCC(=O)NCCO)cc1. The number of aryl methyl sites for hydroxylation is 1. The monoisotopic (exact) mass is 223 g/mol. The van der Waals surface area contributed by atoms with E-state index in [1.54, 1.807) is 7.11 Å². The molecule has 1 aromatic rings. The van der Waals surface area contributed by atoms with E-state index >= 15 is 0 Å². The Bertz CT molecular complexity index is 322. The number of ether oxygens (including phenoxy) is 1. The van der Waals surface area contributed by atoms with E-state index in [9.17, 15) is 4.79 Å². The zero-order valence-electron chi connectivity index (χ0n) is 9.40. The van der Waals surface area contributed by atoms with Crippen molar-refractivity contribution >= 4 is 5.91 Å². The first-order valence-electron chi connectivity index (χ1n) is 5.26. The lowest BCUT2D eigenvalue weighted by molar-refractivity contribution is -0.121. The van der Waals surface area contributed by atoms with Crippen LogP contribution in [-0.2, 0) is 11.2 Å². The number of aliphatic hydroxyl groups is 1. The van der Waals surface area contributed by atoms with Gasteiger partial charge in [0.1, 0.15) is 5.75 Å². The Kier molecular flexibility index (Phi) is 5.36. The van der Waals surface area contributed by atoms with E-state index in [1.807, 2.05) is 24.3 Å². The van der Waals surface area contributed by atoms with Gasteiger partial charge in [-0.05, 0) is 24.1 Å². The van der Waals surface area contributed by atoms with Gasteiger partial charge < -0.3 is 15.2 Å². The Morgan fingerprint density at radius 2 is 2.06 bits per heavy atom. The van der Waals surface area contributed by atoms with Crippen LogP contribution >= 0.6 is 0 Å². The summed E-state index contributed by atoms with van der Waals surface area (Å²) in [6.07, 6.45) is 1.13. The lowest BCUT2D eigenvalue weighted by atomic mass is 10.1. The molecule has 88 valence electrons. The number of carbonyl (C=O) groups is 1. The number of rotatable bonds is 6. The van der Waals surface area contributed by atoms with Crippen molar-refractivity contribution < 1.29 is 14.6 Å². The van der Waals surface area contributed by atoms with E-state index in [4.69, 9.17) is 9.84 Å². The lowest BCUT2D eigenvalue weighted by Crippen LogP contribution is -2.26. The second-order valence-electron chi connectivity index (χ2n) is 3.42. The van der Waals surface area contributed by atoms with Gasteiger partial charge in [0.05, 0.1) is 13.7 Å². The Labute approximate surface area is 95.2 Å². The molecule has 4 heteroatoms. The molecule has 1 rings (SSSR count). The van der Waals surface area contributed by atoms with E-state index < -0.39 is 0 Å². The molecule has 0 heterocycles. The Hall–Kier alpha value is -1.55. The average Bonchev–Trinajstić information content (AvgIpc) is 2.34. The maximum Gasteiger partial charge on any atom is 0.220 e. The first-order chi connectivity index (χ1) is 7.76. The van der Waals surface area contributed by atoms with Crippen molar-refractivity contribution in [2.75, 3.05) is 20.3 Å². The molecule has 0 aromatic heterocycles. The molecule has 0 fully saturated rings. The number of hydrogen-bond acceptors (Lipinski definition) is 3. The second kappa shape index (κ2) is 6.85. The van der Waals surface area contributed by atoms with Crippen molar-refractivity contribution in [3.63, 3.8) is 0 Å². The van der Waals surface area contributed by atoms with Gasteiger partial charge in [0.2, 0.25) is 5.91 Å². The van der Waals surface area contributed by atoms with Gasteiger partial charge in [-0.25, -0.2) is 0 Å². The second-order valence-corrected chi connectivity index (χ2v) is 3.42. The summed E-state index contributed by atoms with van der Waals surface area (Å²) in [5.74, 6) is 0.776. The van der Waals surface area contributed by atoms with Gasteiger partial charge in [-0.1, -0.05) is 12.1 Å². The topological polar surface area (TPSA) is 58.6 Å². The Morgan fingerprint density at radius 3 is 2.62 bits per heavy atom. The summed E-state index contributed by atoms with van der Waals surface area (Å²) in [5, 5.41) is 11.1. The molecular formula is C12H17NO3. The van der Waals surface area contributed by atoms with Crippen LogP contribution in [-0.4, -0.2) is 31.3 Å². The molecule has 1 aromatic carbocycles. The van der Waals surface area contributed by atoms with E-state index in [-0.39, 0.29) is 12.5 Å². The fourth-order valence-electron chi connectivity index (χ4n) is 1.33. The number of amides is 1. The van der Waals surface area contributed by atoms with Gasteiger partial charge >= 0.3 is 0 Å². The Morgan fingerprint density at radius 1 is 1.38 bits per heavy atom. The highest BCUT2D eigenvalue weighted by molar-refractivity contribution is 5.76. The van der Waals surface area contributed by atoms with Gasteiger partial charge in [0, 0.05) is 13.0 Å². The first-order valence-corrected chi connectivity index (χ1v) is 5.26. The highest BCUT2D eigenvalue weighted by Gasteiger charge is 2.01. The summed E-state index contributed by atoms with van der Waals surface area (Å²) in [5.41, 5.74) is 1.10. The third-order valence-electron chi connectivity index (χ3n) is 2.23. The first kappa shape index (κ1) is 12.5. The molecule has 0 unspecified atom stereocenters. The maximum atomic E-state index is 11.3. The van der Waals surface area contributed by atoms with Gasteiger partial charge in [-0.3, -0.25) is 4.79 Å². The van der Waals surface area contributed by atoms with Crippen LogP contribution < -0.4 is 10.1 Å². The number of nitrogens with one attached hydrogen (secondary N) is 1. The number of benzene rings is 1. The fraction of sp³-hybridized carbons (Fsp3) is 0.417. The molecule has 0 aliphatic rings. The Balaban J connectivity index is 2.33. The van der Waals surface area contributed by atoms with Crippen LogP contribution in [0.3, 0.4) is 0 Å². The summed E-state index contributed by atoms with van der Waals surface area (Å²) in [6.45, 7) is 0.301. The average molecular weight is 223 g/mol. The molecule has 2 N–H and O–H groups in total. The molecule has 0 saturated heterocycles. The molecule has 0 radical (unpaired) electrons. The zero-order chi connectivity index (χ0) is 11.8. The van der Waals surface area contributed by atoms with Crippen molar-refractivity contribution in [2.45, 2.75) is 12.8 Å². The van der Waals surface area contributed by atoms with Crippen LogP contribution in [0.25, 0.3) is 0 Å². The predicted octanol–water partition coefficient (Wildman–Crippen LogP) is 0.736. The van der Waals surface area contributed by atoms with Crippen molar-refractivity contribution in [1.29, 1.82) is 0 Å². The zero-order valence-corrected chi connectivity index (χ0v) is 9.40. The normalized spacial score (nSPS) is 9.88. The van der Waals surface area contributed by atoms with E-state index in [1.165, 1.54) is 0 Å². The number of hydrogen-bond donors (Lipinski definition) is 2. The largest absolute Gasteiger partial charge is 0.497 e. The molecule has 0 spiro atoms.